The average molecular weight is 321 g/mol. The van der Waals surface area contributed by atoms with Gasteiger partial charge >= 0.3 is 5.69 Å². The standard InChI is InChI=1S/C14H13ClN4O3/c15-12-6-5-11(19(20)21)13(18-12)17-10-3-1-9(2-4-10)14(16)7-22-8-14/h1-6H,7-8,16H2,(H,17,18). The van der Waals surface area contributed by atoms with Crippen LogP contribution in [0.5, 0.6) is 0 Å². The maximum absolute atomic E-state index is 11.0. The molecule has 1 aromatic carbocycles. The number of aromatic nitrogens is 1. The second kappa shape index (κ2) is 5.53. The van der Waals surface area contributed by atoms with Crippen molar-refractivity contribution in [3.63, 3.8) is 0 Å². The Balaban J connectivity index is 1.84. The Labute approximate surface area is 131 Å². The van der Waals surface area contributed by atoms with E-state index >= 15 is 0 Å². The zero-order chi connectivity index (χ0) is 15.7. The van der Waals surface area contributed by atoms with Crippen molar-refractivity contribution in [2.24, 2.45) is 5.73 Å². The molecule has 0 aliphatic carbocycles. The highest BCUT2D eigenvalue weighted by atomic mass is 35.5. The second-order valence-electron chi connectivity index (χ2n) is 5.11. The van der Waals surface area contributed by atoms with Gasteiger partial charge in [0.15, 0.2) is 0 Å². The summed E-state index contributed by atoms with van der Waals surface area (Å²) in [6.45, 7) is 0.974. The predicted octanol–water partition coefficient (Wildman–Crippen LogP) is 2.57. The van der Waals surface area contributed by atoms with Crippen molar-refractivity contribution in [2.75, 3.05) is 18.5 Å². The van der Waals surface area contributed by atoms with Gasteiger partial charge in [0.25, 0.3) is 0 Å². The fourth-order valence-electron chi connectivity index (χ4n) is 2.18. The van der Waals surface area contributed by atoms with Crippen molar-refractivity contribution < 1.29 is 9.66 Å². The summed E-state index contributed by atoms with van der Waals surface area (Å²) >= 11 is 5.80. The van der Waals surface area contributed by atoms with E-state index < -0.39 is 10.5 Å². The molecule has 0 unspecified atom stereocenters. The zero-order valence-electron chi connectivity index (χ0n) is 11.5. The molecule has 0 saturated carbocycles. The van der Waals surface area contributed by atoms with Crippen LogP contribution >= 0.6 is 11.6 Å². The molecule has 1 fully saturated rings. The average Bonchev–Trinajstić information content (AvgIpc) is 2.45. The van der Waals surface area contributed by atoms with E-state index in [0.29, 0.717) is 18.9 Å². The molecule has 1 aromatic heterocycles. The van der Waals surface area contributed by atoms with E-state index in [1.54, 1.807) is 12.1 Å². The number of ether oxygens (including phenoxy) is 1. The predicted molar refractivity (Wildman–Crippen MR) is 82.3 cm³/mol. The Morgan fingerprint density at radius 1 is 1.27 bits per heavy atom. The molecule has 3 N–H and O–H groups in total. The molecule has 0 amide bonds. The number of nitro groups is 1. The fourth-order valence-corrected chi connectivity index (χ4v) is 2.33. The van der Waals surface area contributed by atoms with Gasteiger partial charge in [-0.3, -0.25) is 10.1 Å². The Bertz CT molecular complexity index is 717. The van der Waals surface area contributed by atoms with Crippen molar-refractivity contribution in [1.29, 1.82) is 0 Å². The maximum atomic E-state index is 11.0. The molecule has 22 heavy (non-hydrogen) atoms. The third-order valence-electron chi connectivity index (χ3n) is 3.48. The highest BCUT2D eigenvalue weighted by Crippen LogP contribution is 2.30. The lowest BCUT2D eigenvalue weighted by Gasteiger charge is -2.38. The second-order valence-corrected chi connectivity index (χ2v) is 5.50. The van der Waals surface area contributed by atoms with E-state index in [9.17, 15) is 10.1 Å². The smallest absolute Gasteiger partial charge is 0.311 e. The van der Waals surface area contributed by atoms with Gasteiger partial charge in [-0.1, -0.05) is 23.7 Å². The molecule has 7 nitrogen and oxygen atoms in total. The van der Waals surface area contributed by atoms with Gasteiger partial charge in [0.05, 0.1) is 23.7 Å². The third-order valence-corrected chi connectivity index (χ3v) is 3.69. The molecule has 8 heteroatoms. The van der Waals surface area contributed by atoms with Gasteiger partial charge < -0.3 is 15.8 Å². The van der Waals surface area contributed by atoms with E-state index in [0.717, 1.165) is 5.56 Å². The van der Waals surface area contributed by atoms with E-state index in [-0.39, 0.29) is 16.7 Å². The van der Waals surface area contributed by atoms with E-state index in [2.05, 4.69) is 10.3 Å². The largest absolute Gasteiger partial charge is 0.377 e. The Morgan fingerprint density at radius 2 is 1.95 bits per heavy atom. The molecular weight excluding hydrogens is 308 g/mol. The van der Waals surface area contributed by atoms with Crippen molar-refractivity contribution >= 4 is 28.8 Å². The molecule has 1 saturated heterocycles. The number of nitrogens with two attached hydrogens (primary N) is 1. The van der Waals surface area contributed by atoms with Crippen LogP contribution in [0.4, 0.5) is 17.2 Å². The van der Waals surface area contributed by atoms with Crippen LogP contribution in [0.15, 0.2) is 36.4 Å². The Morgan fingerprint density at radius 3 is 2.50 bits per heavy atom. The van der Waals surface area contributed by atoms with Crippen molar-refractivity contribution in [3.05, 3.63) is 57.2 Å². The number of nitrogens with zero attached hydrogens (tertiary/aromatic N) is 2. The van der Waals surface area contributed by atoms with Crippen molar-refractivity contribution in [2.45, 2.75) is 5.54 Å². The van der Waals surface area contributed by atoms with Gasteiger partial charge in [0, 0.05) is 11.8 Å². The summed E-state index contributed by atoms with van der Waals surface area (Å²) < 4.78 is 5.13. The SMILES string of the molecule is NC1(c2ccc(Nc3nc(Cl)ccc3[N+](=O)[O-])cc2)COC1. The number of nitrogens with one attached hydrogen (secondary N) is 1. The van der Waals surface area contributed by atoms with E-state index in [1.807, 2.05) is 12.1 Å². The van der Waals surface area contributed by atoms with Gasteiger partial charge in [0.1, 0.15) is 5.15 Å². The zero-order valence-corrected chi connectivity index (χ0v) is 12.2. The van der Waals surface area contributed by atoms with Gasteiger partial charge in [-0.25, -0.2) is 4.98 Å². The van der Waals surface area contributed by atoms with Crippen LogP contribution in [0.1, 0.15) is 5.56 Å². The van der Waals surface area contributed by atoms with Crippen LogP contribution in [-0.2, 0) is 10.3 Å². The first kappa shape index (κ1) is 14.7. The van der Waals surface area contributed by atoms with E-state index in [4.69, 9.17) is 22.1 Å². The van der Waals surface area contributed by atoms with Gasteiger partial charge in [-0.15, -0.1) is 0 Å². The van der Waals surface area contributed by atoms with Gasteiger partial charge in [-0.2, -0.15) is 0 Å². The first-order valence-corrected chi connectivity index (χ1v) is 6.91. The number of anilines is 2. The first-order valence-electron chi connectivity index (χ1n) is 6.53. The van der Waals surface area contributed by atoms with E-state index in [1.165, 1.54) is 12.1 Å². The molecule has 2 heterocycles. The number of hydrogen-bond acceptors (Lipinski definition) is 6. The van der Waals surface area contributed by atoms with Crippen LogP contribution in [0.3, 0.4) is 0 Å². The molecule has 0 atom stereocenters. The van der Waals surface area contributed by atoms with Crippen LogP contribution in [-0.4, -0.2) is 23.1 Å². The highest BCUT2D eigenvalue weighted by molar-refractivity contribution is 6.29. The Hall–Kier alpha value is -2.22. The molecule has 114 valence electrons. The summed E-state index contributed by atoms with van der Waals surface area (Å²) in [6, 6.07) is 9.99. The van der Waals surface area contributed by atoms with Crippen LogP contribution in [0.25, 0.3) is 0 Å². The topological polar surface area (TPSA) is 103 Å². The van der Waals surface area contributed by atoms with Crippen LogP contribution < -0.4 is 11.1 Å². The molecule has 1 aliphatic heterocycles. The number of pyridine rings is 1. The molecule has 1 aliphatic rings. The molecule has 0 bridgehead atoms. The van der Waals surface area contributed by atoms with Crippen LogP contribution in [0, 0.1) is 10.1 Å². The van der Waals surface area contributed by atoms with Crippen LogP contribution in [0.2, 0.25) is 5.15 Å². The molecule has 2 aromatic rings. The summed E-state index contributed by atoms with van der Waals surface area (Å²) in [5.74, 6) is 0.0969. The summed E-state index contributed by atoms with van der Waals surface area (Å²) in [6.07, 6.45) is 0. The van der Waals surface area contributed by atoms with Gasteiger partial charge in [-0.05, 0) is 23.8 Å². The lowest BCUT2D eigenvalue weighted by Crippen LogP contribution is -2.54. The van der Waals surface area contributed by atoms with Crippen molar-refractivity contribution in [1.82, 2.24) is 4.98 Å². The molecule has 3 rings (SSSR count). The summed E-state index contributed by atoms with van der Waals surface area (Å²) in [4.78, 5) is 14.5. The Kier molecular flexibility index (Phi) is 3.69. The maximum Gasteiger partial charge on any atom is 0.311 e. The molecular formula is C14H13ClN4O3. The quantitative estimate of drug-likeness (QED) is 0.510. The number of hydrogen-bond donors (Lipinski definition) is 2. The third kappa shape index (κ3) is 2.74. The number of halogens is 1. The normalized spacial score (nSPS) is 15.9. The minimum atomic E-state index is -0.513. The molecule has 0 radical (unpaired) electrons. The lowest BCUT2D eigenvalue weighted by molar-refractivity contribution is -0.384. The fraction of sp³-hybridized carbons (Fsp3) is 0.214. The number of benzene rings is 1. The summed E-state index contributed by atoms with van der Waals surface area (Å²) in [7, 11) is 0. The molecule has 0 spiro atoms. The minimum Gasteiger partial charge on any atom is -0.377 e. The summed E-state index contributed by atoms with van der Waals surface area (Å²) in [5.41, 5.74) is 7.17. The monoisotopic (exact) mass is 320 g/mol. The summed E-state index contributed by atoms with van der Waals surface area (Å²) in [5, 5.41) is 14.1. The number of rotatable bonds is 4. The highest BCUT2D eigenvalue weighted by Gasteiger charge is 2.35. The first-order chi connectivity index (χ1) is 10.5. The lowest BCUT2D eigenvalue weighted by atomic mass is 9.89. The minimum absolute atomic E-state index is 0.0969. The van der Waals surface area contributed by atoms with Crippen molar-refractivity contribution in [3.8, 4) is 0 Å². The van der Waals surface area contributed by atoms with Gasteiger partial charge in [0.2, 0.25) is 5.82 Å².